The number of rotatable bonds is 4. The molecule has 3 rings (SSSR count). The normalized spacial score (nSPS) is 15.6. The summed E-state index contributed by atoms with van der Waals surface area (Å²) < 4.78 is 2.31. The molecule has 1 saturated heterocycles. The maximum Gasteiger partial charge on any atom is 0.277 e. The fourth-order valence-electron chi connectivity index (χ4n) is 2.87. The molecule has 5 nitrogen and oxygen atoms in total. The Morgan fingerprint density at radius 2 is 1.91 bits per heavy atom. The van der Waals surface area contributed by atoms with E-state index in [1.54, 1.807) is 17.9 Å². The van der Waals surface area contributed by atoms with E-state index >= 15 is 0 Å². The number of piperidine rings is 1. The van der Waals surface area contributed by atoms with Gasteiger partial charge in [-0.3, -0.25) is 14.4 Å². The first-order chi connectivity index (χ1) is 11.1. The second-order valence-corrected chi connectivity index (χ2v) is 6.84. The number of carbonyl (C=O) groups is 1. The summed E-state index contributed by atoms with van der Waals surface area (Å²) in [6.45, 7) is 3.36. The van der Waals surface area contributed by atoms with Crippen LogP contribution in [0.3, 0.4) is 0 Å². The van der Waals surface area contributed by atoms with Crippen LogP contribution in [0.1, 0.15) is 35.3 Å². The number of benzene rings is 1. The molecule has 1 aromatic heterocycles. The summed E-state index contributed by atoms with van der Waals surface area (Å²) in [4.78, 5) is 14.7. The second-order valence-electron chi connectivity index (χ2n) is 5.99. The summed E-state index contributed by atoms with van der Waals surface area (Å²) in [7, 11) is 1.79. The van der Waals surface area contributed by atoms with Gasteiger partial charge in [-0.15, -0.1) is 0 Å². The topological polar surface area (TPSA) is 50.2 Å². The minimum absolute atomic E-state index is 0.207. The molecule has 1 amide bonds. The van der Waals surface area contributed by atoms with Crippen LogP contribution in [-0.4, -0.2) is 33.7 Å². The van der Waals surface area contributed by atoms with Crippen molar-refractivity contribution in [2.24, 2.45) is 7.05 Å². The monoisotopic (exact) mass is 376 g/mol. The van der Waals surface area contributed by atoms with Crippen LogP contribution in [0.15, 0.2) is 34.9 Å². The maximum absolute atomic E-state index is 12.2. The molecule has 2 aromatic rings. The van der Waals surface area contributed by atoms with Crippen LogP contribution >= 0.6 is 15.9 Å². The molecule has 0 saturated carbocycles. The highest BCUT2D eigenvalue weighted by atomic mass is 79.9. The molecule has 2 heterocycles. The molecule has 6 heteroatoms. The van der Waals surface area contributed by atoms with Crippen LogP contribution in [0.4, 0.5) is 5.69 Å². The van der Waals surface area contributed by atoms with Crippen molar-refractivity contribution in [3.05, 3.63) is 46.2 Å². The van der Waals surface area contributed by atoms with E-state index in [4.69, 9.17) is 0 Å². The van der Waals surface area contributed by atoms with Gasteiger partial charge in [0.15, 0.2) is 5.69 Å². The van der Waals surface area contributed by atoms with Crippen LogP contribution in [0.2, 0.25) is 0 Å². The molecule has 1 fully saturated rings. The number of carbonyl (C=O) groups excluding carboxylic acids is 1. The minimum Gasteiger partial charge on any atom is -0.321 e. The van der Waals surface area contributed by atoms with Crippen molar-refractivity contribution in [3.63, 3.8) is 0 Å². The van der Waals surface area contributed by atoms with E-state index in [1.807, 2.05) is 12.1 Å². The van der Waals surface area contributed by atoms with E-state index in [2.05, 4.69) is 43.4 Å². The van der Waals surface area contributed by atoms with Crippen molar-refractivity contribution < 1.29 is 4.79 Å². The van der Waals surface area contributed by atoms with Crippen LogP contribution in [0.25, 0.3) is 0 Å². The van der Waals surface area contributed by atoms with Crippen LogP contribution in [0.5, 0.6) is 0 Å². The molecule has 1 aromatic carbocycles. The maximum atomic E-state index is 12.2. The van der Waals surface area contributed by atoms with Gasteiger partial charge in [0.1, 0.15) is 0 Å². The van der Waals surface area contributed by atoms with Gasteiger partial charge in [0.2, 0.25) is 0 Å². The summed E-state index contributed by atoms with van der Waals surface area (Å²) in [5, 5.41) is 7.04. The lowest BCUT2D eigenvalue weighted by molar-refractivity contribution is 0.102. The number of halogens is 1. The lowest BCUT2D eigenvalue weighted by Crippen LogP contribution is -2.29. The zero-order valence-corrected chi connectivity index (χ0v) is 14.8. The first kappa shape index (κ1) is 16.2. The van der Waals surface area contributed by atoms with Crippen LogP contribution in [-0.2, 0) is 13.6 Å². The molecule has 0 bridgehead atoms. The predicted octanol–water partition coefficient (Wildman–Crippen LogP) is 3.42. The third-order valence-electron chi connectivity index (χ3n) is 4.07. The molecule has 122 valence electrons. The Balaban J connectivity index is 1.60. The van der Waals surface area contributed by atoms with E-state index in [1.165, 1.54) is 37.9 Å². The number of aromatic nitrogens is 2. The van der Waals surface area contributed by atoms with Crippen molar-refractivity contribution >= 4 is 27.5 Å². The number of likely N-dealkylation sites (tertiary alicyclic amines) is 1. The Morgan fingerprint density at radius 3 is 2.52 bits per heavy atom. The second kappa shape index (κ2) is 7.27. The third-order valence-corrected chi connectivity index (χ3v) is 4.65. The Labute approximate surface area is 144 Å². The summed E-state index contributed by atoms with van der Waals surface area (Å²) in [5.74, 6) is -0.207. The molecule has 0 unspecified atom stereocenters. The average molecular weight is 377 g/mol. The Bertz CT molecular complexity index is 674. The Kier molecular flexibility index (Phi) is 5.13. The molecular formula is C17H21BrN4O. The van der Waals surface area contributed by atoms with Gasteiger partial charge in [-0.2, -0.15) is 5.10 Å². The zero-order chi connectivity index (χ0) is 16.2. The van der Waals surface area contributed by atoms with Crippen molar-refractivity contribution in [2.75, 3.05) is 18.4 Å². The van der Waals surface area contributed by atoms with Gasteiger partial charge in [0.25, 0.3) is 5.91 Å². The van der Waals surface area contributed by atoms with Gasteiger partial charge in [-0.25, -0.2) is 0 Å². The summed E-state index contributed by atoms with van der Waals surface area (Å²) >= 11 is 3.35. The van der Waals surface area contributed by atoms with E-state index in [0.29, 0.717) is 10.2 Å². The molecule has 1 aliphatic rings. The standard InChI is InChI=1S/C17H21BrN4O/c1-21-12-15(18)16(20-21)17(23)19-14-7-5-13(6-8-14)11-22-9-3-2-4-10-22/h5-8,12H,2-4,9-11H2,1H3,(H,19,23). The van der Waals surface area contributed by atoms with Gasteiger partial charge in [-0.05, 0) is 59.6 Å². The van der Waals surface area contributed by atoms with E-state index < -0.39 is 0 Å². The van der Waals surface area contributed by atoms with Gasteiger partial charge < -0.3 is 5.32 Å². The molecule has 0 spiro atoms. The fourth-order valence-corrected chi connectivity index (χ4v) is 3.43. The molecule has 23 heavy (non-hydrogen) atoms. The van der Waals surface area contributed by atoms with E-state index in [-0.39, 0.29) is 5.91 Å². The number of amides is 1. The average Bonchev–Trinajstić information content (AvgIpc) is 2.89. The van der Waals surface area contributed by atoms with Gasteiger partial charge in [-0.1, -0.05) is 18.6 Å². The Morgan fingerprint density at radius 1 is 1.22 bits per heavy atom. The highest BCUT2D eigenvalue weighted by Crippen LogP contribution is 2.18. The molecule has 1 N–H and O–H groups in total. The minimum atomic E-state index is -0.207. The van der Waals surface area contributed by atoms with Gasteiger partial charge >= 0.3 is 0 Å². The largest absolute Gasteiger partial charge is 0.321 e. The quantitative estimate of drug-likeness (QED) is 0.888. The molecular weight excluding hydrogens is 356 g/mol. The van der Waals surface area contributed by atoms with E-state index in [9.17, 15) is 4.79 Å². The smallest absolute Gasteiger partial charge is 0.277 e. The first-order valence-corrected chi connectivity index (χ1v) is 8.73. The van der Waals surface area contributed by atoms with Gasteiger partial charge in [0, 0.05) is 25.5 Å². The number of aryl methyl sites for hydroxylation is 1. The summed E-state index contributed by atoms with van der Waals surface area (Å²) in [6, 6.07) is 8.07. The first-order valence-electron chi connectivity index (χ1n) is 7.93. The van der Waals surface area contributed by atoms with Crippen molar-refractivity contribution in [1.82, 2.24) is 14.7 Å². The lowest BCUT2D eigenvalue weighted by atomic mass is 10.1. The van der Waals surface area contributed by atoms with E-state index in [0.717, 1.165) is 12.2 Å². The molecule has 0 atom stereocenters. The van der Waals surface area contributed by atoms with Crippen LogP contribution < -0.4 is 5.32 Å². The van der Waals surface area contributed by atoms with Crippen LogP contribution in [0, 0.1) is 0 Å². The number of nitrogens with zero attached hydrogens (tertiary/aromatic N) is 3. The number of nitrogens with one attached hydrogen (secondary N) is 1. The number of anilines is 1. The summed E-state index contributed by atoms with van der Waals surface area (Å²) in [5.41, 5.74) is 2.46. The third kappa shape index (κ3) is 4.20. The predicted molar refractivity (Wildman–Crippen MR) is 94.4 cm³/mol. The highest BCUT2D eigenvalue weighted by Gasteiger charge is 2.15. The number of hydrogen-bond donors (Lipinski definition) is 1. The van der Waals surface area contributed by atoms with Crippen molar-refractivity contribution in [3.8, 4) is 0 Å². The molecule has 0 radical (unpaired) electrons. The fraction of sp³-hybridized carbons (Fsp3) is 0.412. The van der Waals surface area contributed by atoms with Crippen molar-refractivity contribution in [2.45, 2.75) is 25.8 Å². The van der Waals surface area contributed by atoms with Gasteiger partial charge in [0.05, 0.1) is 4.47 Å². The SMILES string of the molecule is Cn1cc(Br)c(C(=O)Nc2ccc(CN3CCCCC3)cc2)n1. The summed E-state index contributed by atoms with van der Waals surface area (Å²) in [6.07, 6.45) is 5.71. The highest BCUT2D eigenvalue weighted by molar-refractivity contribution is 9.10. The molecule has 1 aliphatic heterocycles. The number of hydrogen-bond acceptors (Lipinski definition) is 3. The lowest BCUT2D eigenvalue weighted by Gasteiger charge is -2.26. The molecule has 0 aliphatic carbocycles. The Hall–Kier alpha value is -1.66. The zero-order valence-electron chi connectivity index (χ0n) is 13.3. The van der Waals surface area contributed by atoms with Crippen molar-refractivity contribution in [1.29, 1.82) is 0 Å².